The fourth-order valence-electron chi connectivity index (χ4n) is 1.34. The van der Waals surface area contributed by atoms with Crippen molar-refractivity contribution in [2.75, 3.05) is 13.7 Å². The fourth-order valence-corrected chi connectivity index (χ4v) is 1.34. The lowest BCUT2D eigenvalue weighted by Gasteiger charge is -2.18. The zero-order chi connectivity index (χ0) is 11.3. The number of aliphatic hydroxyl groups is 2. The standard InChI is InChI=1S/C10H16N2O3/c1-15-9-3-5-12-6-7(9)10(14)8(13)2-4-11/h3,5-6,8,10,13-14H,2,4,11H2,1H3. The van der Waals surface area contributed by atoms with E-state index in [1.807, 2.05) is 0 Å². The zero-order valence-electron chi connectivity index (χ0n) is 8.63. The summed E-state index contributed by atoms with van der Waals surface area (Å²) in [4.78, 5) is 3.87. The summed E-state index contributed by atoms with van der Waals surface area (Å²) in [6, 6.07) is 1.63. The molecule has 0 saturated carbocycles. The zero-order valence-corrected chi connectivity index (χ0v) is 8.63. The number of methoxy groups -OCH3 is 1. The van der Waals surface area contributed by atoms with Gasteiger partial charge in [-0.15, -0.1) is 0 Å². The monoisotopic (exact) mass is 212 g/mol. The molecule has 0 spiro atoms. The number of hydrogen-bond acceptors (Lipinski definition) is 5. The van der Waals surface area contributed by atoms with Crippen LogP contribution in [0.5, 0.6) is 5.75 Å². The van der Waals surface area contributed by atoms with Crippen molar-refractivity contribution in [2.24, 2.45) is 5.73 Å². The number of pyridine rings is 1. The molecule has 5 nitrogen and oxygen atoms in total. The molecule has 2 unspecified atom stereocenters. The van der Waals surface area contributed by atoms with E-state index in [1.165, 1.54) is 13.3 Å². The second kappa shape index (κ2) is 5.65. The summed E-state index contributed by atoms with van der Waals surface area (Å²) in [5, 5.41) is 19.4. The van der Waals surface area contributed by atoms with Crippen LogP contribution in [0.25, 0.3) is 0 Å². The van der Waals surface area contributed by atoms with E-state index in [2.05, 4.69) is 4.98 Å². The maximum absolute atomic E-state index is 9.81. The third-order valence-electron chi connectivity index (χ3n) is 2.18. The molecule has 5 heteroatoms. The predicted octanol–water partition coefficient (Wildman–Crippen LogP) is -0.167. The molecule has 0 saturated heterocycles. The van der Waals surface area contributed by atoms with Gasteiger partial charge in [0.2, 0.25) is 0 Å². The predicted molar refractivity (Wildman–Crippen MR) is 55.4 cm³/mol. The van der Waals surface area contributed by atoms with Crippen LogP contribution in [-0.2, 0) is 0 Å². The molecule has 0 aliphatic heterocycles. The van der Waals surface area contributed by atoms with Crippen molar-refractivity contribution in [1.82, 2.24) is 4.98 Å². The smallest absolute Gasteiger partial charge is 0.127 e. The van der Waals surface area contributed by atoms with Crippen LogP contribution in [0.1, 0.15) is 18.1 Å². The van der Waals surface area contributed by atoms with Crippen LogP contribution in [-0.4, -0.2) is 35.0 Å². The van der Waals surface area contributed by atoms with Gasteiger partial charge < -0.3 is 20.7 Å². The molecule has 1 rings (SSSR count). The van der Waals surface area contributed by atoms with Crippen molar-refractivity contribution in [2.45, 2.75) is 18.6 Å². The summed E-state index contributed by atoms with van der Waals surface area (Å²) in [5.74, 6) is 0.508. The Kier molecular flexibility index (Phi) is 4.48. The van der Waals surface area contributed by atoms with Crippen LogP contribution in [0.2, 0.25) is 0 Å². The molecular formula is C10H16N2O3. The number of ether oxygens (including phenoxy) is 1. The van der Waals surface area contributed by atoms with Gasteiger partial charge in [0, 0.05) is 18.0 Å². The average molecular weight is 212 g/mol. The van der Waals surface area contributed by atoms with Gasteiger partial charge in [-0.1, -0.05) is 0 Å². The summed E-state index contributed by atoms with van der Waals surface area (Å²) in [5.41, 5.74) is 5.77. The molecule has 4 N–H and O–H groups in total. The molecule has 84 valence electrons. The highest BCUT2D eigenvalue weighted by molar-refractivity contribution is 5.32. The molecule has 0 aliphatic carbocycles. The Balaban J connectivity index is 2.84. The lowest BCUT2D eigenvalue weighted by atomic mass is 10.0. The van der Waals surface area contributed by atoms with Crippen molar-refractivity contribution in [3.8, 4) is 5.75 Å². The van der Waals surface area contributed by atoms with Gasteiger partial charge in [0.1, 0.15) is 11.9 Å². The quantitative estimate of drug-likeness (QED) is 0.630. The van der Waals surface area contributed by atoms with E-state index in [1.54, 1.807) is 12.3 Å². The molecule has 1 heterocycles. The lowest BCUT2D eigenvalue weighted by Crippen LogP contribution is -2.22. The molecule has 1 aromatic heterocycles. The molecule has 15 heavy (non-hydrogen) atoms. The molecule has 1 aromatic rings. The first-order chi connectivity index (χ1) is 7.20. The van der Waals surface area contributed by atoms with Crippen LogP contribution in [0, 0.1) is 0 Å². The van der Waals surface area contributed by atoms with Gasteiger partial charge in [0.05, 0.1) is 13.2 Å². The van der Waals surface area contributed by atoms with Crippen LogP contribution in [0.15, 0.2) is 18.5 Å². The minimum absolute atomic E-state index is 0.320. The highest BCUT2D eigenvalue weighted by Gasteiger charge is 2.21. The molecule has 0 aromatic carbocycles. The molecule has 2 atom stereocenters. The van der Waals surface area contributed by atoms with Crippen molar-refractivity contribution in [3.05, 3.63) is 24.0 Å². The van der Waals surface area contributed by atoms with Crippen molar-refractivity contribution >= 4 is 0 Å². The lowest BCUT2D eigenvalue weighted by molar-refractivity contribution is 0.0135. The Morgan fingerprint density at radius 2 is 2.27 bits per heavy atom. The minimum atomic E-state index is -1.02. The fraction of sp³-hybridized carbons (Fsp3) is 0.500. The van der Waals surface area contributed by atoms with Crippen LogP contribution in [0.3, 0.4) is 0 Å². The number of rotatable bonds is 5. The third kappa shape index (κ3) is 2.89. The second-order valence-corrected chi connectivity index (χ2v) is 3.21. The summed E-state index contributed by atoms with van der Waals surface area (Å²) >= 11 is 0. The Bertz CT molecular complexity index is 306. The number of aromatic nitrogens is 1. The van der Waals surface area contributed by atoms with Crippen molar-refractivity contribution in [1.29, 1.82) is 0 Å². The topological polar surface area (TPSA) is 88.6 Å². The van der Waals surface area contributed by atoms with Crippen LogP contribution < -0.4 is 10.5 Å². The van der Waals surface area contributed by atoms with Gasteiger partial charge in [-0.3, -0.25) is 4.98 Å². The summed E-state index contributed by atoms with van der Waals surface area (Å²) in [7, 11) is 1.50. The highest BCUT2D eigenvalue weighted by atomic mass is 16.5. The first-order valence-electron chi connectivity index (χ1n) is 4.74. The molecule has 0 aliphatic rings. The number of hydrogen-bond donors (Lipinski definition) is 3. The summed E-state index contributed by atoms with van der Waals surface area (Å²) in [6.45, 7) is 0.320. The SMILES string of the molecule is COc1ccncc1C(O)C(O)CCN. The van der Waals surface area contributed by atoms with E-state index in [9.17, 15) is 10.2 Å². The Labute approximate surface area is 88.5 Å². The average Bonchev–Trinajstić information content (AvgIpc) is 2.28. The summed E-state index contributed by atoms with van der Waals surface area (Å²) < 4.78 is 5.05. The molecule has 0 bridgehead atoms. The van der Waals surface area contributed by atoms with Crippen LogP contribution >= 0.6 is 0 Å². The van der Waals surface area contributed by atoms with Gasteiger partial charge in [0.25, 0.3) is 0 Å². The van der Waals surface area contributed by atoms with E-state index < -0.39 is 12.2 Å². The Morgan fingerprint density at radius 1 is 1.53 bits per heavy atom. The van der Waals surface area contributed by atoms with Gasteiger partial charge in [-0.25, -0.2) is 0 Å². The molecule has 0 amide bonds. The number of nitrogens with two attached hydrogens (primary N) is 1. The maximum Gasteiger partial charge on any atom is 0.127 e. The summed E-state index contributed by atoms with van der Waals surface area (Å²) in [6.07, 6.45) is 1.46. The van der Waals surface area contributed by atoms with E-state index in [0.29, 0.717) is 24.3 Å². The van der Waals surface area contributed by atoms with E-state index in [4.69, 9.17) is 10.5 Å². The normalized spacial score (nSPS) is 14.7. The van der Waals surface area contributed by atoms with Gasteiger partial charge in [0.15, 0.2) is 0 Å². The van der Waals surface area contributed by atoms with Crippen molar-refractivity contribution < 1.29 is 14.9 Å². The first kappa shape index (κ1) is 11.9. The number of aliphatic hydroxyl groups excluding tert-OH is 2. The second-order valence-electron chi connectivity index (χ2n) is 3.21. The Morgan fingerprint density at radius 3 is 2.87 bits per heavy atom. The molecular weight excluding hydrogens is 196 g/mol. The van der Waals surface area contributed by atoms with E-state index in [0.717, 1.165) is 0 Å². The number of nitrogens with zero attached hydrogens (tertiary/aromatic N) is 1. The van der Waals surface area contributed by atoms with Gasteiger partial charge >= 0.3 is 0 Å². The first-order valence-corrected chi connectivity index (χ1v) is 4.74. The van der Waals surface area contributed by atoms with Crippen molar-refractivity contribution in [3.63, 3.8) is 0 Å². The van der Waals surface area contributed by atoms with E-state index in [-0.39, 0.29) is 0 Å². The molecule has 0 radical (unpaired) electrons. The Hall–Kier alpha value is -1.17. The van der Waals surface area contributed by atoms with Crippen LogP contribution in [0.4, 0.5) is 0 Å². The van der Waals surface area contributed by atoms with Gasteiger partial charge in [-0.05, 0) is 19.0 Å². The maximum atomic E-state index is 9.81. The minimum Gasteiger partial charge on any atom is -0.496 e. The molecule has 0 fully saturated rings. The highest BCUT2D eigenvalue weighted by Crippen LogP contribution is 2.26. The van der Waals surface area contributed by atoms with Gasteiger partial charge in [-0.2, -0.15) is 0 Å². The third-order valence-corrected chi connectivity index (χ3v) is 2.18. The largest absolute Gasteiger partial charge is 0.496 e. The van der Waals surface area contributed by atoms with E-state index >= 15 is 0 Å².